The van der Waals surface area contributed by atoms with Gasteiger partial charge in [-0.2, -0.15) is 0 Å². The van der Waals surface area contributed by atoms with Gasteiger partial charge in [-0.1, -0.05) is 13.3 Å². The van der Waals surface area contributed by atoms with E-state index in [4.69, 9.17) is 4.42 Å². The van der Waals surface area contributed by atoms with Gasteiger partial charge in [-0.3, -0.25) is 0 Å². The highest BCUT2D eigenvalue weighted by molar-refractivity contribution is 5.15. The van der Waals surface area contributed by atoms with Crippen LogP contribution in [0.2, 0.25) is 0 Å². The molecule has 12 heavy (non-hydrogen) atoms. The summed E-state index contributed by atoms with van der Waals surface area (Å²) in [6.07, 6.45) is 3.32. The fraction of sp³-hybridized carbons (Fsp3) is 0.500. The van der Waals surface area contributed by atoms with E-state index in [1.807, 2.05) is 13.0 Å². The van der Waals surface area contributed by atoms with Crippen molar-refractivity contribution in [2.75, 3.05) is 0 Å². The summed E-state index contributed by atoms with van der Waals surface area (Å²) in [5.41, 5.74) is 0.893. The molecule has 2 nitrogen and oxygen atoms in total. The minimum atomic E-state index is -0.257. The average Bonchev–Trinajstić information content (AvgIpc) is 2.03. The van der Waals surface area contributed by atoms with Crippen molar-refractivity contribution in [1.29, 1.82) is 0 Å². The summed E-state index contributed by atoms with van der Waals surface area (Å²) in [4.78, 5) is 10.7. The highest BCUT2D eigenvalue weighted by Gasteiger charge is 1.99. The molecule has 66 valence electrons. The quantitative estimate of drug-likeness (QED) is 0.689. The number of hydrogen-bond donors (Lipinski definition) is 0. The molecule has 0 aromatic carbocycles. The number of rotatable bonds is 3. The molecular weight excluding hydrogens is 152 g/mol. The van der Waals surface area contributed by atoms with Crippen molar-refractivity contribution in [2.24, 2.45) is 0 Å². The van der Waals surface area contributed by atoms with Gasteiger partial charge in [0, 0.05) is 6.07 Å². The van der Waals surface area contributed by atoms with E-state index in [1.54, 1.807) is 0 Å². The van der Waals surface area contributed by atoms with Crippen LogP contribution in [0.4, 0.5) is 0 Å². The van der Waals surface area contributed by atoms with Crippen LogP contribution in [0, 0.1) is 6.92 Å². The van der Waals surface area contributed by atoms with E-state index in [0.29, 0.717) is 0 Å². The second-order valence-electron chi connectivity index (χ2n) is 2.94. The molecule has 0 saturated carbocycles. The molecule has 1 aromatic rings. The van der Waals surface area contributed by atoms with E-state index in [1.165, 1.54) is 12.5 Å². The van der Waals surface area contributed by atoms with E-state index >= 15 is 0 Å². The van der Waals surface area contributed by atoms with Crippen molar-refractivity contribution in [3.05, 3.63) is 33.9 Å². The molecule has 0 saturated heterocycles. The summed E-state index contributed by atoms with van der Waals surface area (Å²) in [6.45, 7) is 3.99. The van der Waals surface area contributed by atoms with E-state index in [9.17, 15) is 4.79 Å². The van der Waals surface area contributed by atoms with Gasteiger partial charge >= 0.3 is 5.63 Å². The average molecular weight is 166 g/mol. The zero-order valence-electron chi connectivity index (χ0n) is 7.59. The van der Waals surface area contributed by atoms with E-state index in [0.717, 1.165) is 24.2 Å². The Morgan fingerprint density at radius 2 is 2.17 bits per heavy atom. The molecule has 0 atom stereocenters. The smallest absolute Gasteiger partial charge is 0.335 e. The van der Waals surface area contributed by atoms with Crippen LogP contribution in [0.25, 0.3) is 0 Å². The predicted octanol–water partition coefficient (Wildman–Crippen LogP) is 2.29. The highest BCUT2D eigenvalue weighted by Crippen LogP contribution is 2.07. The third-order valence-electron chi connectivity index (χ3n) is 1.93. The Kier molecular flexibility index (Phi) is 3.09. The molecule has 0 amide bonds. The van der Waals surface area contributed by atoms with Crippen molar-refractivity contribution in [3.63, 3.8) is 0 Å². The van der Waals surface area contributed by atoms with Crippen LogP contribution >= 0.6 is 0 Å². The standard InChI is InChI=1S/C10H14O2/c1-3-4-5-9-6-7-10(11)12-8(9)2/h6-7H,3-5H2,1-2H3. The van der Waals surface area contributed by atoms with Gasteiger partial charge in [-0.15, -0.1) is 0 Å². The van der Waals surface area contributed by atoms with Gasteiger partial charge in [0.25, 0.3) is 0 Å². The Morgan fingerprint density at radius 1 is 1.42 bits per heavy atom. The van der Waals surface area contributed by atoms with Crippen LogP contribution in [0.1, 0.15) is 31.1 Å². The Balaban J connectivity index is 2.79. The summed E-state index contributed by atoms with van der Waals surface area (Å²) in [6, 6.07) is 3.34. The lowest BCUT2D eigenvalue weighted by atomic mass is 10.1. The molecule has 0 aliphatic rings. The number of hydrogen-bond acceptors (Lipinski definition) is 2. The lowest BCUT2D eigenvalue weighted by Gasteiger charge is -2.01. The monoisotopic (exact) mass is 166 g/mol. The predicted molar refractivity (Wildman–Crippen MR) is 48.3 cm³/mol. The molecule has 0 spiro atoms. The third kappa shape index (κ3) is 2.22. The van der Waals surface area contributed by atoms with Crippen LogP contribution in [0.3, 0.4) is 0 Å². The maximum absolute atomic E-state index is 10.7. The first-order valence-corrected chi connectivity index (χ1v) is 4.33. The molecule has 0 aliphatic carbocycles. The van der Waals surface area contributed by atoms with Gasteiger partial charge in [0.05, 0.1) is 0 Å². The molecule has 0 radical (unpaired) electrons. The molecular formula is C10H14O2. The van der Waals surface area contributed by atoms with Gasteiger partial charge < -0.3 is 4.42 Å². The molecule has 0 bridgehead atoms. The Labute approximate surface area is 72.2 Å². The maximum Gasteiger partial charge on any atom is 0.335 e. The molecule has 0 N–H and O–H groups in total. The highest BCUT2D eigenvalue weighted by atomic mass is 16.4. The van der Waals surface area contributed by atoms with Crippen LogP contribution < -0.4 is 5.63 Å². The first-order chi connectivity index (χ1) is 5.74. The third-order valence-corrected chi connectivity index (χ3v) is 1.93. The summed E-state index contributed by atoms with van der Waals surface area (Å²) in [5.74, 6) is 0.760. The van der Waals surface area contributed by atoms with Crippen LogP contribution in [0.15, 0.2) is 21.3 Å². The van der Waals surface area contributed by atoms with Gasteiger partial charge in [-0.25, -0.2) is 4.79 Å². The van der Waals surface area contributed by atoms with Gasteiger partial charge in [0.1, 0.15) is 5.76 Å². The fourth-order valence-corrected chi connectivity index (χ4v) is 1.16. The first kappa shape index (κ1) is 9.04. The van der Waals surface area contributed by atoms with Gasteiger partial charge in [-0.05, 0) is 31.4 Å². The molecule has 2 heteroatoms. The maximum atomic E-state index is 10.7. The van der Waals surface area contributed by atoms with Crippen molar-refractivity contribution in [1.82, 2.24) is 0 Å². The van der Waals surface area contributed by atoms with Gasteiger partial charge in [0.2, 0.25) is 0 Å². The van der Waals surface area contributed by atoms with E-state index < -0.39 is 0 Å². The number of aryl methyl sites for hydroxylation is 2. The van der Waals surface area contributed by atoms with Crippen molar-refractivity contribution < 1.29 is 4.42 Å². The van der Waals surface area contributed by atoms with Crippen LogP contribution in [-0.4, -0.2) is 0 Å². The molecule has 0 fully saturated rings. The van der Waals surface area contributed by atoms with Crippen molar-refractivity contribution in [3.8, 4) is 0 Å². The normalized spacial score (nSPS) is 10.2. The SMILES string of the molecule is CCCCc1ccc(=O)oc1C. The van der Waals surface area contributed by atoms with E-state index in [-0.39, 0.29) is 5.63 Å². The van der Waals surface area contributed by atoms with Crippen molar-refractivity contribution in [2.45, 2.75) is 33.1 Å². The minimum Gasteiger partial charge on any atom is -0.428 e. The van der Waals surface area contributed by atoms with Crippen LogP contribution in [-0.2, 0) is 6.42 Å². The second-order valence-corrected chi connectivity index (χ2v) is 2.94. The topological polar surface area (TPSA) is 30.2 Å². The lowest BCUT2D eigenvalue weighted by molar-refractivity contribution is 0.471. The Bertz CT molecular complexity index is 299. The largest absolute Gasteiger partial charge is 0.428 e. The molecule has 1 aromatic heterocycles. The zero-order chi connectivity index (χ0) is 8.97. The molecule has 0 aliphatic heterocycles. The Hall–Kier alpha value is -1.05. The lowest BCUT2D eigenvalue weighted by Crippen LogP contribution is -2.00. The number of unbranched alkanes of at least 4 members (excludes halogenated alkanes) is 1. The first-order valence-electron chi connectivity index (χ1n) is 4.33. The molecule has 1 heterocycles. The minimum absolute atomic E-state index is 0.257. The van der Waals surface area contributed by atoms with E-state index in [2.05, 4.69) is 6.92 Å². The van der Waals surface area contributed by atoms with Gasteiger partial charge in [0.15, 0.2) is 0 Å². The van der Waals surface area contributed by atoms with Crippen molar-refractivity contribution >= 4 is 0 Å². The summed E-state index contributed by atoms with van der Waals surface area (Å²) < 4.78 is 4.95. The summed E-state index contributed by atoms with van der Waals surface area (Å²) in [7, 11) is 0. The zero-order valence-corrected chi connectivity index (χ0v) is 7.59. The summed E-state index contributed by atoms with van der Waals surface area (Å²) in [5, 5.41) is 0. The fourth-order valence-electron chi connectivity index (χ4n) is 1.16. The summed E-state index contributed by atoms with van der Waals surface area (Å²) >= 11 is 0. The molecule has 0 unspecified atom stereocenters. The molecule has 1 rings (SSSR count). The second kappa shape index (κ2) is 4.10. The van der Waals surface area contributed by atoms with Crippen LogP contribution in [0.5, 0.6) is 0 Å². The Morgan fingerprint density at radius 3 is 2.75 bits per heavy atom.